The van der Waals surface area contributed by atoms with Gasteiger partial charge in [-0.05, 0) is 35.0 Å². The molecule has 0 aliphatic heterocycles. The molecule has 0 aliphatic carbocycles. The van der Waals surface area contributed by atoms with E-state index in [1.165, 1.54) is 0 Å². The van der Waals surface area contributed by atoms with E-state index in [2.05, 4.69) is 30.9 Å². The van der Waals surface area contributed by atoms with Crippen molar-refractivity contribution in [2.75, 3.05) is 5.73 Å². The van der Waals surface area contributed by atoms with Crippen LogP contribution in [0.25, 0.3) is 0 Å². The highest BCUT2D eigenvalue weighted by molar-refractivity contribution is 9.10. The smallest absolute Gasteiger partial charge is 0.145 e. The van der Waals surface area contributed by atoms with Crippen molar-refractivity contribution in [1.29, 1.82) is 0 Å². The lowest BCUT2D eigenvalue weighted by Crippen LogP contribution is -1.99. The second kappa shape index (κ2) is 4.52. The van der Waals surface area contributed by atoms with Crippen LogP contribution < -0.4 is 10.5 Å². The molecule has 1 heterocycles. The van der Waals surface area contributed by atoms with Crippen molar-refractivity contribution in [3.8, 4) is 5.75 Å². The van der Waals surface area contributed by atoms with Crippen LogP contribution in [0, 0.1) is 6.92 Å². The predicted octanol–water partition coefficient (Wildman–Crippen LogP) is 2.30. The van der Waals surface area contributed by atoms with Crippen LogP contribution in [0.1, 0.15) is 11.4 Å². The summed E-state index contributed by atoms with van der Waals surface area (Å²) in [4.78, 5) is 0. The summed E-state index contributed by atoms with van der Waals surface area (Å²) in [5.74, 6) is 0.669. The molecule has 0 bridgehead atoms. The summed E-state index contributed by atoms with van der Waals surface area (Å²) in [5, 5.41) is 7.39. The fourth-order valence-corrected chi connectivity index (χ4v) is 1.54. The van der Waals surface area contributed by atoms with Crippen molar-refractivity contribution < 1.29 is 9.37 Å². The minimum Gasteiger partial charge on any atom is -0.486 e. The van der Waals surface area contributed by atoms with E-state index in [1.807, 2.05) is 19.1 Å². The Balaban J connectivity index is 2.11. The van der Waals surface area contributed by atoms with E-state index >= 15 is 0 Å². The van der Waals surface area contributed by atoms with Crippen molar-refractivity contribution in [3.63, 3.8) is 0 Å². The number of rotatable bonds is 3. The molecule has 0 radical (unpaired) electrons. The molecule has 84 valence electrons. The van der Waals surface area contributed by atoms with Gasteiger partial charge in [-0.3, -0.25) is 0 Å². The number of aromatic nitrogens is 2. The number of hydrogen-bond donors (Lipinski definition) is 1. The van der Waals surface area contributed by atoms with Gasteiger partial charge in [0, 0.05) is 5.69 Å². The van der Waals surface area contributed by atoms with Crippen LogP contribution in [0.15, 0.2) is 27.3 Å². The Kier molecular flexibility index (Phi) is 3.09. The number of ether oxygens (including phenoxy) is 1. The van der Waals surface area contributed by atoms with Crippen LogP contribution in [-0.4, -0.2) is 10.3 Å². The Morgan fingerprint density at radius 3 is 2.94 bits per heavy atom. The van der Waals surface area contributed by atoms with Crippen LogP contribution in [0.5, 0.6) is 5.75 Å². The summed E-state index contributed by atoms with van der Waals surface area (Å²) in [6.07, 6.45) is 0. The summed E-state index contributed by atoms with van der Waals surface area (Å²) in [5.41, 5.74) is 7.76. The fraction of sp³-hybridized carbons (Fsp3) is 0.200. The first-order valence-corrected chi connectivity index (χ1v) is 5.42. The van der Waals surface area contributed by atoms with Crippen LogP contribution in [0.4, 0.5) is 5.69 Å². The maximum atomic E-state index is 5.73. The first-order valence-electron chi connectivity index (χ1n) is 4.63. The lowest BCUT2D eigenvalue weighted by atomic mass is 10.3. The molecule has 6 heteroatoms. The molecule has 0 atom stereocenters. The van der Waals surface area contributed by atoms with E-state index in [9.17, 15) is 0 Å². The van der Waals surface area contributed by atoms with Gasteiger partial charge in [0.05, 0.1) is 4.47 Å². The van der Waals surface area contributed by atoms with Crippen LogP contribution in [0.3, 0.4) is 0 Å². The van der Waals surface area contributed by atoms with Crippen molar-refractivity contribution in [2.45, 2.75) is 13.5 Å². The maximum Gasteiger partial charge on any atom is 0.145 e. The molecule has 5 nitrogen and oxygen atoms in total. The predicted molar refractivity (Wildman–Crippen MR) is 61.9 cm³/mol. The van der Waals surface area contributed by atoms with E-state index in [0.29, 0.717) is 23.7 Å². The van der Waals surface area contributed by atoms with Gasteiger partial charge in [0.25, 0.3) is 0 Å². The second-order valence-electron chi connectivity index (χ2n) is 3.24. The zero-order chi connectivity index (χ0) is 11.5. The molecule has 0 aliphatic rings. The molecule has 2 aromatic rings. The molecule has 16 heavy (non-hydrogen) atoms. The lowest BCUT2D eigenvalue weighted by molar-refractivity contribution is 0.269. The van der Waals surface area contributed by atoms with Gasteiger partial charge in [-0.25, -0.2) is 4.63 Å². The number of benzene rings is 1. The zero-order valence-corrected chi connectivity index (χ0v) is 10.2. The molecule has 0 saturated carbocycles. The summed E-state index contributed by atoms with van der Waals surface area (Å²) >= 11 is 3.35. The van der Waals surface area contributed by atoms with Gasteiger partial charge in [-0.15, -0.1) is 0 Å². The first-order chi connectivity index (χ1) is 7.68. The Labute approximate surface area is 101 Å². The minimum absolute atomic E-state index is 0.303. The number of nitrogens with zero attached hydrogens (tertiary/aromatic N) is 2. The lowest BCUT2D eigenvalue weighted by Gasteiger charge is -2.07. The maximum absolute atomic E-state index is 5.73. The summed E-state index contributed by atoms with van der Waals surface area (Å²) in [6, 6.07) is 5.44. The molecular weight excluding hydrogens is 274 g/mol. The molecule has 0 saturated heterocycles. The normalized spacial score (nSPS) is 10.4. The van der Waals surface area contributed by atoms with E-state index in [1.54, 1.807) is 6.07 Å². The van der Waals surface area contributed by atoms with E-state index < -0.39 is 0 Å². The molecule has 1 aromatic carbocycles. The summed E-state index contributed by atoms with van der Waals surface area (Å²) in [7, 11) is 0. The van der Waals surface area contributed by atoms with Gasteiger partial charge < -0.3 is 10.5 Å². The fourth-order valence-electron chi connectivity index (χ4n) is 1.17. The summed E-state index contributed by atoms with van der Waals surface area (Å²) < 4.78 is 10.9. The quantitative estimate of drug-likeness (QED) is 0.875. The topological polar surface area (TPSA) is 74.2 Å². The SMILES string of the molecule is Cc1nonc1COc1cccc(N)c1Br. The van der Waals surface area contributed by atoms with Crippen LogP contribution in [-0.2, 0) is 6.61 Å². The number of nitrogens with two attached hydrogens (primary N) is 1. The number of hydrogen-bond acceptors (Lipinski definition) is 5. The highest BCUT2D eigenvalue weighted by Gasteiger charge is 2.08. The average molecular weight is 284 g/mol. The third kappa shape index (κ3) is 2.16. The van der Waals surface area contributed by atoms with E-state index in [0.717, 1.165) is 10.2 Å². The summed E-state index contributed by atoms with van der Waals surface area (Å²) in [6.45, 7) is 2.11. The Bertz CT molecular complexity index is 499. The standard InChI is InChI=1S/C10H10BrN3O2/c1-6-8(14-16-13-6)5-15-9-4-2-3-7(12)10(9)11/h2-4H,5,12H2,1H3. The number of aryl methyl sites for hydroxylation is 1. The number of anilines is 1. The van der Waals surface area contributed by atoms with Gasteiger partial charge in [0.1, 0.15) is 23.7 Å². The number of halogens is 1. The molecule has 0 amide bonds. The third-order valence-electron chi connectivity index (χ3n) is 2.10. The van der Waals surface area contributed by atoms with E-state index in [-0.39, 0.29) is 0 Å². The molecule has 0 unspecified atom stereocenters. The van der Waals surface area contributed by atoms with Gasteiger partial charge in [-0.2, -0.15) is 0 Å². The third-order valence-corrected chi connectivity index (χ3v) is 2.95. The molecule has 2 rings (SSSR count). The van der Waals surface area contributed by atoms with Crippen molar-refractivity contribution >= 4 is 21.6 Å². The molecule has 1 aromatic heterocycles. The van der Waals surface area contributed by atoms with E-state index in [4.69, 9.17) is 10.5 Å². The van der Waals surface area contributed by atoms with Crippen molar-refractivity contribution in [3.05, 3.63) is 34.1 Å². The number of nitrogen functional groups attached to an aromatic ring is 1. The highest BCUT2D eigenvalue weighted by atomic mass is 79.9. The Hall–Kier alpha value is -1.56. The monoisotopic (exact) mass is 283 g/mol. The van der Waals surface area contributed by atoms with Gasteiger partial charge in [-0.1, -0.05) is 16.4 Å². The molecule has 0 spiro atoms. The molecule has 2 N–H and O–H groups in total. The van der Waals surface area contributed by atoms with Crippen LogP contribution >= 0.6 is 15.9 Å². The molecule has 0 fully saturated rings. The van der Waals surface area contributed by atoms with Gasteiger partial charge >= 0.3 is 0 Å². The van der Waals surface area contributed by atoms with Crippen molar-refractivity contribution in [1.82, 2.24) is 10.3 Å². The second-order valence-corrected chi connectivity index (χ2v) is 4.04. The largest absolute Gasteiger partial charge is 0.486 e. The molecular formula is C10H10BrN3O2. The van der Waals surface area contributed by atoms with Crippen LogP contribution in [0.2, 0.25) is 0 Å². The Morgan fingerprint density at radius 2 is 2.25 bits per heavy atom. The van der Waals surface area contributed by atoms with Crippen molar-refractivity contribution in [2.24, 2.45) is 0 Å². The first kappa shape index (κ1) is 10.9. The van der Waals surface area contributed by atoms with Gasteiger partial charge in [0.2, 0.25) is 0 Å². The van der Waals surface area contributed by atoms with Gasteiger partial charge in [0.15, 0.2) is 0 Å². The minimum atomic E-state index is 0.303. The zero-order valence-electron chi connectivity index (χ0n) is 8.61. The highest BCUT2D eigenvalue weighted by Crippen LogP contribution is 2.30. The Morgan fingerprint density at radius 1 is 1.44 bits per heavy atom. The average Bonchev–Trinajstić information content (AvgIpc) is 2.67.